The van der Waals surface area contributed by atoms with Crippen LogP contribution in [0.4, 0.5) is 0 Å². The fraction of sp³-hybridized carbons (Fsp3) is 0.409. The second-order valence-corrected chi connectivity index (χ2v) is 6.24. The summed E-state index contributed by atoms with van der Waals surface area (Å²) in [5, 5.41) is 16.8. The molecule has 154 valence electrons. The van der Waals surface area contributed by atoms with Crippen molar-refractivity contribution in [3.63, 3.8) is 0 Å². The fourth-order valence-corrected chi connectivity index (χ4v) is 2.74. The topological polar surface area (TPSA) is 65.9 Å². The zero-order valence-corrected chi connectivity index (χ0v) is 19.1. The van der Waals surface area contributed by atoms with Crippen LogP contribution >= 0.6 is 24.0 Å². The third kappa shape index (κ3) is 8.58. The molecule has 2 rings (SSSR count). The fourth-order valence-electron chi connectivity index (χ4n) is 2.74. The van der Waals surface area contributed by atoms with Crippen LogP contribution in [0.15, 0.2) is 59.6 Å². The van der Waals surface area contributed by atoms with E-state index < -0.39 is 6.10 Å². The van der Waals surface area contributed by atoms with E-state index in [1.165, 1.54) is 5.56 Å². The second-order valence-electron chi connectivity index (χ2n) is 6.24. The highest BCUT2D eigenvalue weighted by atomic mass is 127. The van der Waals surface area contributed by atoms with Gasteiger partial charge in [0.2, 0.25) is 0 Å². The largest absolute Gasteiger partial charge is 0.388 e. The molecule has 0 heterocycles. The summed E-state index contributed by atoms with van der Waals surface area (Å²) in [5.41, 5.74) is 3.26. The molecule has 0 spiro atoms. The predicted molar refractivity (Wildman–Crippen MR) is 126 cm³/mol. The van der Waals surface area contributed by atoms with Gasteiger partial charge in [-0.05, 0) is 37.0 Å². The first kappa shape index (κ1) is 24.4. The summed E-state index contributed by atoms with van der Waals surface area (Å²) >= 11 is 0. The van der Waals surface area contributed by atoms with Crippen molar-refractivity contribution >= 4 is 29.9 Å². The van der Waals surface area contributed by atoms with Crippen molar-refractivity contribution in [3.05, 3.63) is 71.3 Å². The molecule has 0 bridgehead atoms. The summed E-state index contributed by atoms with van der Waals surface area (Å²) in [6.07, 6.45) is 0.142. The maximum atomic E-state index is 10.3. The lowest BCUT2D eigenvalue weighted by molar-refractivity contribution is 0.133. The molecule has 0 fully saturated rings. The lowest BCUT2D eigenvalue weighted by Crippen LogP contribution is -2.38. The zero-order chi connectivity index (χ0) is 19.3. The van der Waals surface area contributed by atoms with E-state index in [4.69, 9.17) is 4.74 Å². The molecular formula is C22H32IN3O2. The van der Waals surface area contributed by atoms with Gasteiger partial charge >= 0.3 is 0 Å². The van der Waals surface area contributed by atoms with Gasteiger partial charge in [-0.3, -0.25) is 0 Å². The number of aliphatic hydroxyl groups is 1. The Morgan fingerprint density at radius 3 is 2.36 bits per heavy atom. The average Bonchev–Trinajstić information content (AvgIpc) is 2.71. The van der Waals surface area contributed by atoms with Gasteiger partial charge in [0, 0.05) is 19.7 Å². The molecule has 5 nitrogen and oxygen atoms in total. The first-order chi connectivity index (χ1) is 13.2. The molecule has 6 heteroatoms. The Balaban J connectivity index is 0.00000392. The molecule has 0 aliphatic carbocycles. The van der Waals surface area contributed by atoms with Crippen LogP contribution in [0, 0.1) is 0 Å². The first-order valence-corrected chi connectivity index (χ1v) is 9.64. The zero-order valence-electron chi connectivity index (χ0n) is 16.7. The molecule has 0 aromatic heterocycles. The van der Waals surface area contributed by atoms with Crippen LogP contribution in [-0.2, 0) is 17.9 Å². The highest BCUT2D eigenvalue weighted by Gasteiger charge is 2.07. The molecule has 28 heavy (non-hydrogen) atoms. The van der Waals surface area contributed by atoms with Crippen molar-refractivity contribution in [3.8, 4) is 0 Å². The Morgan fingerprint density at radius 1 is 1.00 bits per heavy atom. The van der Waals surface area contributed by atoms with Crippen LogP contribution in [-0.4, -0.2) is 30.8 Å². The van der Waals surface area contributed by atoms with Crippen molar-refractivity contribution in [2.45, 2.75) is 39.5 Å². The normalized spacial score (nSPS) is 12.2. The maximum absolute atomic E-state index is 10.3. The molecule has 1 atom stereocenters. The highest BCUT2D eigenvalue weighted by molar-refractivity contribution is 14.0. The number of halogens is 1. The van der Waals surface area contributed by atoms with E-state index in [0.717, 1.165) is 23.6 Å². The van der Waals surface area contributed by atoms with E-state index in [9.17, 15) is 5.11 Å². The smallest absolute Gasteiger partial charge is 0.191 e. The van der Waals surface area contributed by atoms with E-state index in [2.05, 4.69) is 27.8 Å². The third-order valence-corrected chi connectivity index (χ3v) is 4.23. The van der Waals surface area contributed by atoms with E-state index in [0.29, 0.717) is 32.7 Å². The standard InChI is InChI=1S/C22H31N3O2.HI/c1-3-23-22(24-15-14-21(26)18-10-6-5-7-11-18)25-16-19-12-8-9-13-20(19)17-27-4-2;/h5-13,21,26H,3-4,14-17H2,1-2H3,(H2,23,24,25);1H. The summed E-state index contributed by atoms with van der Waals surface area (Å²) in [4.78, 5) is 4.68. The van der Waals surface area contributed by atoms with Gasteiger partial charge in [-0.1, -0.05) is 54.6 Å². The number of rotatable bonds is 10. The SMILES string of the molecule is CCNC(=NCc1ccccc1COCC)NCCC(O)c1ccccc1.I. The van der Waals surface area contributed by atoms with E-state index in [-0.39, 0.29) is 24.0 Å². The van der Waals surface area contributed by atoms with Crippen LogP contribution in [0.3, 0.4) is 0 Å². The van der Waals surface area contributed by atoms with E-state index >= 15 is 0 Å². The number of aliphatic imine (C=N–C) groups is 1. The number of hydrogen-bond donors (Lipinski definition) is 3. The van der Waals surface area contributed by atoms with E-state index in [1.54, 1.807) is 0 Å². The van der Waals surface area contributed by atoms with Crippen molar-refractivity contribution in [2.24, 2.45) is 4.99 Å². The summed E-state index contributed by atoms with van der Waals surface area (Å²) < 4.78 is 5.54. The number of guanidine groups is 1. The predicted octanol–water partition coefficient (Wildman–Crippen LogP) is 4.02. The number of aliphatic hydroxyl groups excluding tert-OH is 1. The molecule has 2 aromatic carbocycles. The van der Waals surface area contributed by atoms with Gasteiger partial charge in [-0.25, -0.2) is 4.99 Å². The van der Waals surface area contributed by atoms with Crippen molar-refractivity contribution < 1.29 is 9.84 Å². The molecule has 0 amide bonds. The van der Waals surface area contributed by atoms with Crippen molar-refractivity contribution in [2.75, 3.05) is 19.7 Å². The minimum absolute atomic E-state index is 0. The molecule has 0 radical (unpaired) electrons. The minimum Gasteiger partial charge on any atom is -0.388 e. The van der Waals surface area contributed by atoms with Gasteiger partial charge in [0.25, 0.3) is 0 Å². The number of ether oxygens (including phenoxy) is 1. The quantitative estimate of drug-likeness (QED) is 0.264. The minimum atomic E-state index is -0.478. The first-order valence-electron chi connectivity index (χ1n) is 9.64. The van der Waals surface area contributed by atoms with Crippen LogP contribution in [0.2, 0.25) is 0 Å². The van der Waals surface area contributed by atoms with Gasteiger partial charge < -0.3 is 20.5 Å². The molecule has 0 aliphatic rings. The highest BCUT2D eigenvalue weighted by Crippen LogP contribution is 2.15. The summed E-state index contributed by atoms with van der Waals surface area (Å²) in [7, 11) is 0. The van der Waals surface area contributed by atoms with Crippen molar-refractivity contribution in [1.82, 2.24) is 10.6 Å². The van der Waals surface area contributed by atoms with Gasteiger partial charge in [-0.15, -0.1) is 24.0 Å². The number of benzene rings is 2. The van der Waals surface area contributed by atoms with Gasteiger partial charge in [0.05, 0.1) is 19.3 Å². The molecule has 1 unspecified atom stereocenters. The lowest BCUT2D eigenvalue weighted by atomic mass is 10.1. The Bertz CT molecular complexity index is 695. The van der Waals surface area contributed by atoms with Gasteiger partial charge in [0.1, 0.15) is 0 Å². The Hall–Kier alpha value is -1.64. The number of nitrogens with zero attached hydrogens (tertiary/aromatic N) is 1. The van der Waals surface area contributed by atoms with Crippen LogP contribution in [0.25, 0.3) is 0 Å². The maximum Gasteiger partial charge on any atom is 0.191 e. The molecule has 0 saturated carbocycles. The van der Waals surface area contributed by atoms with Crippen LogP contribution in [0.1, 0.15) is 43.1 Å². The number of hydrogen-bond acceptors (Lipinski definition) is 3. The Labute approximate surface area is 185 Å². The Kier molecular flexibility index (Phi) is 12.5. The lowest BCUT2D eigenvalue weighted by Gasteiger charge is -2.15. The van der Waals surface area contributed by atoms with Crippen LogP contribution < -0.4 is 10.6 Å². The second kappa shape index (κ2) is 14.4. The monoisotopic (exact) mass is 497 g/mol. The summed E-state index contributed by atoms with van der Waals surface area (Å²) in [6, 6.07) is 17.9. The third-order valence-electron chi connectivity index (χ3n) is 4.23. The van der Waals surface area contributed by atoms with Gasteiger partial charge in [-0.2, -0.15) is 0 Å². The average molecular weight is 497 g/mol. The van der Waals surface area contributed by atoms with Crippen molar-refractivity contribution in [1.29, 1.82) is 0 Å². The van der Waals surface area contributed by atoms with Gasteiger partial charge in [0.15, 0.2) is 5.96 Å². The Morgan fingerprint density at radius 2 is 1.68 bits per heavy atom. The summed E-state index contributed by atoms with van der Waals surface area (Å²) in [6.45, 7) is 7.35. The molecule has 0 saturated heterocycles. The molecule has 3 N–H and O–H groups in total. The number of nitrogens with one attached hydrogen (secondary N) is 2. The van der Waals surface area contributed by atoms with Crippen LogP contribution in [0.5, 0.6) is 0 Å². The molecular weight excluding hydrogens is 465 g/mol. The molecule has 0 aliphatic heterocycles. The molecule has 2 aromatic rings. The summed E-state index contributed by atoms with van der Waals surface area (Å²) in [5.74, 6) is 0.754. The van der Waals surface area contributed by atoms with E-state index in [1.807, 2.05) is 56.3 Å².